The van der Waals surface area contributed by atoms with E-state index in [1.165, 1.54) is 116 Å². The Hall–Kier alpha value is -1.58. The van der Waals surface area contributed by atoms with E-state index in [-0.39, 0.29) is 0 Å². The lowest BCUT2D eigenvalue weighted by Gasteiger charge is -2.15. The fourth-order valence-corrected chi connectivity index (χ4v) is 17.3. The summed E-state index contributed by atoms with van der Waals surface area (Å²) in [5.41, 5.74) is 2.58. The van der Waals surface area contributed by atoms with Crippen LogP contribution in [-0.2, 0) is 9.47 Å². The average molecular weight is 926 g/mol. The maximum atomic E-state index is 6.01. The molecule has 0 N–H and O–H groups in total. The summed E-state index contributed by atoms with van der Waals surface area (Å²) < 4.78 is 26.5. The number of thiophene rings is 6. The molecular weight excluding hydrogens is 881 g/mol. The smallest absolute Gasteiger partial charge is 0.225 e. The average Bonchev–Trinajstić information content (AvgIpc) is 4.04. The number of ether oxygens (including phenoxy) is 2. The van der Waals surface area contributed by atoms with E-state index in [2.05, 4.69) is 88.4 Å². The summed E-state index contributed by atoms with van der Waals surface area (Å²) in [4.78, 5) is 2.63. The van der Waals surface area contributed by atoms with Gasteiger partial charge in [-0.15, -0.1) is 68.0 Å². The molecule has 6 aromatic heterocycles. The molecule has 0 spiro atoms. The molecule has 2 unspecified atom stereocenters. The zero-order valence-corrected chi connectivity index (χ0v) is 40.1. The molecule has 2 nitrogen and oxygen atoms in total. The quantitative estimate of drug-likeness (QED) is 0.0705. The Morgan fingerprint density at radius 3 is 1.36 bits per heavy atom. The Bertz CT molecular complexity index is 2380. The van der Waals surface area contributed by atoms with E-state index in [1.54, 1.807) is 23.5 Å². The van der Waals surface area contributed by atoms with Crippen molar-refractivity contribution >= 4 is 173 Å². The van der Waals surface area contributed by atoms with E-state index in [4.69, 9.17) is 33.9 Å². The molecule has 6 heterocycles. The van der Waals surface area contributed by atoms with Gasteiger partial charge in [-0.3, -0.25) is 0 Å². The maximum Gasteiger partial charge on any atom is 0.225 e. The molecule has 0 aliphatic rings. The number of unbranched alkanes of at least 4 members (excludes halogenated alkanes) is 2. The van der Waals surface area contributed by atoms with Gasteiger partial charge < -0.3 is 9.47 Å². The molecule has 0 saturated heterocycles. The van der Waals surface area contributed by atoms with E-state index in [1.807, 2.05) is 68.0 Å². The first kappa shape index (κ1) is 41.2. The van der Waals surface area contributed by atoms with Crippen LogP contribution in [0, 0.1) is 11.8 Å². The van der Waals surface area contributed by atoms with Crippen molar-refractivity contribution in [2.75, 3.05) is 13.2 Å². The second kappa shape index (κ2) is 18.8. The van der Waals surface area contributed by atoms with Gasteiger partial charge in [-0.2, -0.15) is 0 Å². The molecule has 12 heteroatoms. The number of thiocarbonyl (C=S) groups is 2. The van der Waals surface area contributed by atoms with Gasteiger partial charge in [0, 0.05) is 48.7 Å². The standard InChI is InChI=1S/C44H44O2S10/c1-5-9-11-25(7-3)23-45-43(47)55-39-21-37-35(51-39)19-31(49-37)27-13-15-29-33(17-27)53-42-30-16-14-28(18-34(30)54-41(29)42)32-20-36-38(50-32)22-40(52-36)56-44(48)46-24-26(8-4)12-10-6-2/h13-22,25-26H,5-12,23-24H2,1-4H3. The van der Waals surface area contributed by atoms with Gasteiger partial charge in [0.05, 0.1) is 31.0 Å². The number of thioether (sulfide) groups is 2. The lowest BCUT2D eigenvalue weighted by molar-refractivity contribution is 0.233. The molecule has 56 heavy (non-hydrogen) atoms. The van der Waals surface area contributed by atoms with E-state index < -0.39 is 0 Å². The Morgan fingerprint density at radius 2 is 0.964 bits per heavy atom. The largest absolute Gasteiger partial charge is 0.478 e. The number of hydrogen-bond acceptors (Lipinski definition) is 12. The first-order chi connectivity index (χ1) is 27.3. The fraction of sp³-hybridized carbons (Fsp3) is 0.364. The number of fused-ring (bicyclic) bond motifs is 7. The SMILES string of the molecule is CCCCC(CC)COC(=S)Sc1cc2sc(-c3ccc4c(c3)sc3c5ccc(-c6cc7sc(SC(=S)OCC(CC)CCCC)cc7s6)cc5sc43)cc2s1. The molecule has 0 amide bonds. The zero-order valence-electron chi connectivity index (χ0n) is 31.9. The van der Waals surface area contributed by atoms with E-state index in [0.29, 0.717) is 20.6 Å². The monoisotopic (exact) mass is 924 g/mol. The van der Waals surface area contributed by atoms with E-state index in [9.17, 15) is 0 Å². The molecule has 0 aliphatic carbocycles. The third-order valence-electron chi connectivity index (χ3n) is 10.3. The van der Waals surface area contributed by atoms with Crippen molar-refractivity contribution in [2.24, 2.45) is 11.8 Å². The normalized spacial score (nSPS) is 13.1. The zero-order chi connectivity index (χ0) is 38.8. The highest BCUT2D eigenvalue weighted by atomic mass is 32.2. The number of rotatable bonds is 16. The highest BCUT2D eigenvalue weighted by Gasteiger charge is 2.18. The minimum absolute atomic E-state index is 0.588. The van der Waals surface area contributed by atoms with Crippen LogP contribution in [0.15, 0.2) is 69.1 Å². The van der Waals surface area contributed by atoms with Crippen molar-refractivity contribution in [2.45, 2.75) is 87.5 Å². The number of benzene rings is 2. The second-order valence-corrected chi connectivity index (χ2v) is 24.5. The molecule has 0 radical (unpaired) electrons. The molecule has 0 bridgehead atoms. The lowest BCUT2D eigenvalue weighted by Crippen LogP contribution is -2.10. The predicted octanol–water partition coefficient (Wildman–Crippen LogP) is 18.4. The lowest BCUT2D eigenvalue weighted by atomic mass is 10.0. The summed E-state index contributed by atoms with van der Waals surface area (Å²) in [7, 11) is 0. The van der Waals surface area contributed by atoms with Gasteiger partial charge >= 0.3 is 0 Å². The highest BCUT2D eigenvalue weighted by molar-refractivity contribution is 8.24. The number of hydrogen-bond donors (Lipinski definition) is 0. The maximum absolute atomic E-state index is 6.01. The second-order valence-electron chi connectivity index (χ2n) is 14.3. The van der Waals surface area contributed by atoms with Crippen LogP contribution in [0.4, 0.5) is 0 Å². The van der Waals surface area contributed by atoms with Crippen molar-refractivity contribution in [3.05, 3.63) is 60.7 Å². The Kier molecular flexibility index (Phi) is 13.8. The summed E-state index contributed by atoms with van der Waals surface area (Å²) >= 11 is 25.6. The van der Waals surface area contributed by atoms with Crippen LogP contribution in [0.3, 0.4) is 0 Å². The Morgan fingerprint density at radius 1 is 0.536 bits per heavy atom. The molecule has 8 rings (SSSR count). The van der Waals surface area contributed by atoms with Crippen LogP contribution >= 0.6 is 116 Å². The van der Waals surface area contributed by atoms with Crippen molar-refractivity contribution < 1.29 is 9.47 Å². The molecule has 2 aromatic carbocycles. The van der Waals surface area contributed by atoms with Crippen molar-refractivity contribution in [3.63, 3.8) is 0 Å². The van der Waals surface area contributed by atoms with Crippen molar-refractivity contribution in [1.29, 1.82) is 0 Å². The van der Waals surface area contributed by atoms with Gasteiger partial charge in [0.15, 0.2) is 0 Å². The summed E-state index contributed by atoms with van der Waals surface area (Å²) in [5, 5.41) is 2.72. The predicted molar refractivity (Wildman–Crippen MR) is 268 cm³/mol. The topological polar surface area (TPSA) is 18.5 Å². The van der Waals surface area contributed by atoms with Gasteiger partial charge in [0.25, 0.3) is 0 Å². The molecule has 8 aromatic rings. The molecule has 292 valence electrons. The van der Waals surface area contributed by atoms with Crippen LogP contribution in [0.2, 0.25) is 0 Å². The Balaban J connectivity index is 0.930. The minimum atomic E-state index is 0.588. The summed E-state index contributed by atoms with van der Waals surface area (Å²) in [6.45, 7) is 10.4. The van der Waals surface area contributed by atoms with Crippen LogP contribution in [-0.4, -0.2) is 22.0 Å². The first-order valence-electron chi connectivity index (χ1n) is 19.5. The summed E-state index contributed by atoms with van der Waals surface area (Å²) in [6, 6.07) is 23.3. The van der Waals surface area contributed by atoms with Crippen molar-refractivity contribution in [3.8, 4) is 20.9 Å². The van der Waals surface area contributed by atoms with E-state index in [0.717, 1.165) is 26.1 Å². The van der Waals surface area contributed by atoms with Gasteiger partial charge in [0.2, 0.25) is 8.77 Å². The van der Waals surface area contributed by atoms with Crippen LogP contribution in [0.25, 0.3) is 69.3 Å². The molecule has 0 fully saturated rings. The third-order valence-corrected chi connectivity index (χ3v) is 20.1. The molecule has 2 atom stereocenters. The molecule has 0 aliphatic heterocycles. The minimum Gasteiger partial charge on any atom is -0.478 e. The third kappa shape index (κ3) is 9.25. The summed E-state index contributed by atoms with van der Waals surface area (Å²) in [6.07, 6.45) is 9.67. The molecular formula is C44H44O2S10. The first-order valence-corrected chi connectivity index (χ1v) is 26.8. The van der Waals surface area contributed by atoms with E-state index >= 15 is 0 Å². The van der Waals surface area contributed by atoms with Crippen LogP contribution in [0.5, 0.6) is 0 Å². The van der Waals surface area contributed by atoms with Crippen LogP contribution in [0.1, 0.15) is 79.1 Å². The van der Waals surface area contributed by atoms with Gasteiger partial charge in [0.1, 0.15) is 0 Å². The summed E-state index contributed by atoms with van der Waals surface area (Å²) in [5.74, 6) is 1.18. The van der Waals surface area contributed by atoms with Gasteiger partial charge in [-0.25, -0.2) is 0 Å². The van der Waals surface area contributed by atoms with Crippen LogP contribution < -0.4 is 0 Å². The highest BCUT2D eigenvalue weighted by Crippen LogP contribution is 2.49. The fourth-order valence-electron chi connectivity index (χ4n) is 6.97. The Labute approximate surface area is 373 Å². The van der Waals surface area contributed by atoms with Crippen molar-refractivity contribution in [1.82, 2.24) is 0 Å². The van der Waals surface area contributed by atoms with Gasteiger partial charge in [-0.1, -0.05) is 90.5 Å². The molecule has 0 saturated carbocycles. The van der Waals surface area contributed by atoms with Gasteiger partial charge in [-0.05, 0) is 120 Å².